The first-order valence-corrected chi connectivity index (χ1v) is 7.42. The zero-order valence-corrected chi connectivity index (χ0v) is 13.7. The number of rotatable bonds is 5. The van der Waals surface area contributed by atoms with Gasteiger partial charge in [0.25, 0.3) is 5.91 Å². The van der Waals surface area contributed by atoms with Gasteiger partial charge in [-0.3, -0.25) is 9.59 Å². The Kier molecular flexibility index (Phi) is 5.47. The number of aryl methyl sites for hydroxylation is 1. The average molecular weight is 330 g/mol. The molecule has 7 heteroatoms. The van der Waals surface area contributed by atoms with Gasteiger partial charge in [-0.1, -0.05) is 6.07 Å². The fourth-order valence-corrected chi connectivity index (χ4v) is 2.02. The molecule has 0 radical (unpaired) electrons. The van der Waals surface area contributed by atoms with Crippen LogP contribution in [-0.2, 0) is 4.79 Å². The number of halogens is 1. The van der Waals surface area contributed by atoms with Gasteiger partial charge in [-0.15, -0.1) is 0 Å². The van der Waals surface area contributed by atoms with Gasteiger partial charge in [0, 0.05) is 24.5 Å². The monoisotopic (exact) mass is 330 g/mol. The first-order chi connectivity index (χ1) is 11.4. The number of nitrogens with one attached hydrogen (secondary N) is 3. The molecule has 0 saturated carbocycles. The summed E-state index contributed by atoms with van der Waals surface area (Å²) >= 11 is 0. The average Bonchev–Trinajstić information content (AvgIpc) is 2.58. The molecule has 0 bridgehead atoms. The second-order valence-electron chi connectivity index (χ2n) is 5.32. The maximum Gasteiger partial charge on any atom is 0.252 e. The van der Waals surface area contributed by atoms with Crippen molar-refractivity contribution < 1.29 is 14.0 Å². The van der Waals surface area contributed by atoms with Gasteiger partial charge in [0.1, 0.15) is 17.7 Å². The molecule has 1 atom stereocenters. The minimum atomic E-state index is -0.786. The summed E-state index contributed by atoms with van der Waals surface area (Å²) < 4.78 is 13.3. The predicted octanol–water partition coefficient (Wildman–Crippen LogP) is 2.33. The number of anilines is 2. The standard InChI is InChI=1S/C17H19FN4O2/c1-10-4-5-13(18)9-14(10)22-16(23)11(2)21-17(24)12-6-7-20-15(8-12)19-3/h4-9,11H,1-3H3,(H,19,20)(H,21,24)(H,22,23)/t11-/m1/s1. The van der Waals surface area contributed by atoms with E-state index in [1.807, 2.05) is 0 Å². The largest absolute Gasteiger partial charge is 0.373 e. The lowest BCUT2D eigenvalue weighted by Crippen LogP contribution is -2.41. The molecule has 24 heavy (non-hydrogen) atoms. The Bertz CT molecular complexity index is 764. The summed E-state index contributed by atoms with van der Waals surface area (Å²) in [5, 5.41) is 8.05. The molecular weight excluding hydrogens is 311 g/mol. The number of carbonyl (C=O) groups is 2. The molecule has 0 aliphatic carbocycles. The molecule has 126 valence electrons. The molecule has 0 aliphatic heterocycles. The molecule has 1 aromatic carbocycles. The van der Waals surface area contributed by atoms with Gasteiger partial charge in [0.15, 0.2) is 0 Å². The number of aromatic nitrogens is 1. The van der Waals surface area contributed by atoms with Crippen molar-refractivity contribution in [3.8, 4) is 0 Å². The van der Waals surface area contributed by atoms with Gasteiger partial charge in [-0.25, -0.2) is 9.37 Å². The Morgan fingerprint density at radius 1 is 1.21 bits per heavy atom. The number of nitrogens with zero attached hydrogens (tertiary/aromatic N) is 1. The second-order valence-corrected chi connectivity index (χ2v) is 5.32. The summed E-state index contributed by atoms with van der Waals surface area (Å²) in [4.78, 5) is 28.4. The third-order valence-corrected chi connectivity index (χ3v) is 3.48. The number of pyridine rings is 1. The molecule has 2 amide bonds. The number of hydrogen-bond acceptors (Lipinski definition) is 4. The van der Waals surface area contributed by atoms with E-state index in [1.165, 1.54) is 18.3 Å². The zero-order valence-electron chi connectivity index (χ0n) is 13.7. The quantitative estimate of drug-likeness (QED) is 0.786. The highest BCUT2D eigenvalue weighted by Gasteiger charge is 2.18. The lowest BCUT2D eigenvalue weighted by atomic mass is 10.2. The van der Waals surface area contributed by atoms with Crippen LogP contribution in [0.4, 0.5) is 15.9 Å². The van der Waals surface area contributed by atoms with E-state index in [0.29, 0.717) is 17.1 Å². The van der Waals surface area contributed by atoms with Crippen molar-refractivity contribution in [1.29, 1.82) is 0 Å². The molecule has 1 aromatic heterocycles. The summed E-state index contributed by atoms with van der Waals surface area (Å²) in [6.07, 6.45) is 1.50. The smallest absolute Gasteiger partial charge is 0.252 e. The molecule has 1 heterocycles. The van der Waals surface area contributed by atoms with Crippen molar-refractivity contribution >= 4 is 23.3 Å². The van der Waals surface area contributed by atoms with E-state index in [-0.39, 0.29) is 0 Å². The van der Waals surface area contributed by atoms with Crippen LogP contribution in [0.1, 0.15) is 22.8 Å². The normalized spacial score (nSPS) is 11.5. The zero-order chi connectivity index (χ0) is 17.7. The van der Waals surface area contributed by atoms with E-state index in [1.54, 1.807) is 39.1 Å². The van der Waals surface area contributed by atoms with Crippen molar-refractivity contribution in [1.82, 2.24) is 10.3 Å². The highest BCUT2D eigenvalue weighted by molar-refractivity contribution is 6.01. The van der Waals surface area contributed by atoms with Gasteiger partial charge in [-0.05, 0) is 43.7 Å². The Labute approximate surface area is 139 Å². The first-order valence-electron chi connectivity index (χ1n) is 7.42. The van der Waals surface area contributed by atoms with E-state index >= 15 is 0 Å². The fraction of sp³-hybridized carbons (Fsp3) is 0.235. The van der Waals surface area contributed by atoms with Crippen LogP contribution in [0, 0.1) is 12.7 Å². The van der Waals surface area contributed by atoms with Crippen molar-refractivity contribution in [2.24, 2.45) is 0 Å². The van der Waals surface area contributed by atoms with Gasteiger partial charge < -0.3 is 16.0 Å². The number of carbonyl (C=O) groups excluding carboxylic acids is 2. The molecule has 0 saturated heterocycles. The lowest BCUT2D eigenvalue weighted by Gasteiger charge is -2.15. The lowest BCUT2D eigenvalue weighted by molar-refractivity contribution is -0.117. The molecule has 2 aromatic rings. The second kappa shape index (κ2) is 7.54. The van der Waals surface area contributed by atoms with Crippen LogP contribution in [0.15, 0.2) is 36.5 Å². The summed E-state index contributed by atoms with van der Waals surface area (Å²) in [5.41, 5.74) is 1.49. The third-order valence-electron chi connectivity index (χ3n) is 3.48. The number of benzene rings is 1. The fourth-order valence-electron chi connectivity index (χ4n) is 2.02. The maximum atomic E-state index is 13.3. The van der Waals surface area contributed by atoms with Crippen LogP contribution in [0.2, 0.25) is 0 Å². The predicted molar refractivity (Wildman–Crippen MR) is 90.5 cm³/mol. The highest BCUT2D eigenvalue weighted by atomic mass is 19.1. The van der Waals surface area contributed by atoms with Gasteiger partial charge >= 0.3 is 0 Å². The van der Waals surface area contributed by atoms with Crippen molar-refractivity contribution in [3.05, 3.63) is 53.5 Å². The molecule has 0 unspecified atom stereocenters. The van der Waals surface area contributed by atoms with Gasteiger partial charge in [-0.2, -0.15) is 0 Å². The van der Waals surface area contributed by atoms with E-state index in [4.69, 9.17) is 0 Å². The summed E-state index contributed by atoms with van der Waals surface area (Å²) in [5.74, 6) is -0.716. The van der Waals surface area contributed by atoms with Crippen LogP contribution >= 0.6 is 0 Å². The van der Waals surface area contributed by atoms with Crippen LogP contribution in [0.5, 0.6) is 0 Å². The van der Waals surface area contributed by atoms with Gasteiger partial charge in [0.05, 0.1) is 0 Å². The SMILES string of the molecule is CNc1cc(C(=O)N[C@H](C)C(=O)Nc2cc(F)ccc2C)ccn1. The Balaban J connectivity index is 2.02. The minimum Gasteiger partial charge on any atom is -0.373 e. The van der Waals surface area contributed by atoms with Crippen LogP contribution in [-0.4, -0.2) is 29.9 Å². The maximum absolute atomic E-state index is 13.3. The Hall–Kier alpha value is -2.96. The Morgan fingerprint density at radius 2 is 1.96 bits per heavy atom. The van der Waals surface area contributed by atoms with Crippen molar-refractivity contribution in [2.45, 2.75) is 19.9 Å². The Morgan fingerprint density at radius 3 is 2.67 bits per heavy atom. The highest BCUT2D eigenvalue weighted by Crippen LogP contribution is 2.16. The summed E-state index contributed by atoms with van der Waals surface area (Å²) in [6.45, 7) is 3.32. The van der Waals surface area contributed by atoms with E-state index in [9.17, 15) is 14.0 Å². The van der Waals surface area contributed by atoms with Crippen LogP contribution in [0.25, 0.3) is 0 Å². The van der Waals surface area contributed by atoms with Crippen molar-refractivity contribution in [2.75, 3.05) is 17.7 Å². The summed E-state index contributed by atoms with van der Waals surface area (Å²) in [6, 6.07) is 6.48. The minimum absolute atomic E-state index is 0.377. The molecule has 0 aliphatic rings. The van der Waals surface area contributed by atoms with E-state index in [2.05, 4.69) is 20.9 Å². The van der Waals surface area contributed by atoms with Crippen LogP contribution < -0.4 is 16.0 Å². The first kappa shape index (κ1) is 17.4. The number of hydrogen-bond donors (Lipinski definition) is 3. The molecular formula is C17H19FN4O2. The molecule has 2 rings (SSSR count). The number of amides is 2. The van der Waals surface area contributed by atoms with Crippen molar-refractivity contribution in [3.63, 3.8) is 0 Å². The molecule has 0 fully saturated rings. The summed E-state index contributed by atoms with van der Waals surface area (Å²) in [7, 11) is 1.70. The van der Waals surface area contributed by atoms with E-state index < -0.39 is 23.7 Å². The molecule has 3 N–H and O–H groups in total. The topological polar surface area (TPSA) is 83.1 Å². The molecule has 6 nitrogen and oxygen atoms in total. The third kappa shape index (κ3) is 4.28. The molecule has 0 spiro atoms. The van der Waals surface area contributed by atoms with Crippen LogP contribution in [0.3, 0.4) is 0 Å². The van der Waals surface area contributed by atoms with E-state index in [0.717, 1.165) is 5.56 Å². The van der Waals surface area contributed by atoms with Gasteiger partial charge in [0.2, 0.25) is 5.91 Å².